The van der Waals surface area contributed by atoms with Gasteiger partial charge in [0.1, 0.15) is 5.56 Å². The number of benzene rings is 1. The summed E-state index contributed by atoms with van der Waals surface area (Å²) in [5.74, 6) is -0.845. The summed E-state index contributed by atoms with van der Waals surface area (Å²) in [4.78, 5) is 24.2. The topological polar surface area (TPSA) is 126 Å². The van der Waals surface area contributed by atoms with Crippen molar-refractivity contribution in [1.29, 1.82) is 5.26 Å². The maximum atomic E-state index is 12.7. The molecule has 0 spiro atoms. The number of carbonyl (C=O) groups excluding carboxylic acids is 2. The van der Waals surface area contributed by atoms with E-state index >= 15 is 0 Å². The molecule has 2 aliphatic rings. The Balaban J connectivity index is 1.42. The number of nitriles is 1. The van der Waals surface area contributed by atoms with Crippen LogP contribution in [0.5, 0.6) is 0 Å². The minimum absolute atomic E-state index is 0.0698. The van der Waals surface area contributed by atoms with Crippen molar-refractivity contribution in [2.24, 2.45) is 11.7 Å². The molecular formula is C25H29F3N6O2. The Hall–Kier alpha value is -3.39. The molecule has 1 heterocycles. The SMILES string of the molecule is N#CC[C@]1(n2cc(C(N)=O)c(NC(=O)C3CC3)n2)CC[C@H](NCc2cccc(CC(F)(F)F)c2)CC1. The molecule has 2 aliphatic carbocycles. The zero-order chi connectivity index (χ0) is 25.9. The Kier molecular flexibility index (Phi) is 7.36. The first-order chi connectivity index (χ1) is 17.1. The summed E-state index contributed by atoms with van der Waals surface area (Å²) < 4.78 is 39.7. The average Bonchev–Trinajstić information content (AvgIpc) is 3.58. The van der Waals surface area contributed by atoms with E-state index in [-0.39, 0.29) is 41.2 Å². The standard InChI is InChI=1S/C25H29F3N6O2/c26-25(27,28)13-16-2-1-3-17(12-16)14-31-19-6-8-24(9-7-19,10-11-29)34-15-20(21(30)35)22(33-34)32-23(36)18-4-5-18/h1-3,12,15,18-19,31H,4-10,13-14H2,(H2,30,35)(H,32,33,36)/t19-,24-. The van der Waals surface area contributed by atoms with Crippen LogP contribution in [0.1, 0.15) is 66.4 Å². The first kappa shape index (κ1) is 25.7. The van der Waals surface area contributed by atoms with E-state index in [2.05, 4.69) is 21.8 Å². The molecule has 0 atom stereocenters. The molecule has 1 aromatic heterocycles. The van der Waals surface area contributed by atoms with Crippen molar-refractivity contribution in [3.8, 4) is 6.07 Å². The van der Waals surface area contributed by atoms with Crippen molar-refractivity contribution in [1.82, 2.24) is 15.1 Å². The molecule has 11 heteroatoms. The van der Waals surface area contributed by atoms with Crippen molar-refractivity contribution in [3.63, 3.8) is 0 Å². The van der Waals surface area contributed by atoms with Crippen LogP contribution in [0.3, 0.4) is 0 Å². The molecule has 0 bridgehead atoms. The predicted molar refractivity (Wildman–Crippen MR) is 126 cm³/mol. The van der Waals surface area contributed by atoms with Crippen LogP contribution in [0.2, 0.25) is 0 Å². The summed E-state index contributed by atoms with van der Waals surface area (Å²) in [6, 6.07) is 8.80. The fraction of sp³-hybridized carbons (Fsp3) is 0.520. The Morgan fingerprint density at radius 1 is 1.19 bits per heavy atom. The van der Waals surface area contributed by atoms with E-state index in [0.29, 0.717) is 32.2 Å². The number of carbonyl (C=O) groups is 2. The largest absolute Gasteiger partial charge is 0.393 e. The van der Waals surface area contributed by atoms with Crippen LogP contribution in [-0.2, 0) is 23.3 Å². The normalized spacial score (nSPS) is 22.1. The average molecular weight is 503 g/mol. The summed E-state index contributed by atoms with van der Waals surface area (Å²) in [7, 11) is 0. The van der Waals surface area contributed by atoms with Gasteiger partial charge < -0.3 is 16.4 Å². The molecule has 0 radical (unpaired) electrons. The second-order valence-corrected chi connectivity index (χ2v) is 9.79. The molecule has 2 amide bonds. The van der Waals surface area contributed by atoms with Crippen LogP contribution in [0, 0.1) is 17.2 Å². The van der Waals surface area contributed by atoms with Crippen molar-refractivity contribution in [3.05, 3.63) is 47.2 Å². The highest BCUT2D eigenvalue weighted by Crippen LogP contribution is 2.39. The maximum Gasteiger partial charge on any atom is 0.393 e. The van der Waals surface area contributed by atoms with Gasteiger partial charge in [-0.2, -0.15) is 23.5 Å². The summed E-state index contributed by atoms with van der Waals surface area (Å²) in [6.07, 6.45) is 0.707. The third-order valence-electron chi connectivity index (χ3n) is 6.97. The fourth-order valence-corrected chi connectivity index (χ4v) is 4.79. The molecule has 1 aromatic carbocycles. The molecule has 36 heavy (non-hydrogen) atoms. The van der Waals surface area contributed by atoms with Gasteiger partial charge in [-0.3, -0.25) is 14.3 Å². The summed E-state index contributed by atoms with van der Waals surface area (Å²) in [5.41, 5.74) is 5.99. The van der Waals surface area contributed by atoms with Gasteiger partial charge in [-0.05, 0) is 49.7 Å². The second-order valence-electron chi connectivity index (χ2n) is 9.79. The molecule has 8 nitrogen and oxygen atoms in total. The number of primary amides is 1. The number of amides is 2. The quantitative estimate of drug-likeness (QED) is 0.481. The van der Waals surface area contributed by atoms with Crippen LogP contribution < -0.4 is 16.4 Å². The van der Waals surface area contributed by atoms with Crippen LogP contribution in [0.15, 0.2) is 30.5 Å². The van der Waals surface area contributed by atoms with Crippen LogP contribution >= 0.6 is 0 Å². The van der Waals surface area contributed by atoms with Gasteiger partial charge in [-0.15, -0.1) is 0 Å². The van der Waals surface area contributed by atoms with E-state index < -0.39 is 24.0 Å². The highest BCUT2D eigenvalue weighted by molar-refractivity contribution is 6.02. The van der Waals surface area contributed by atoms with Gasteiger partial charge in [0.2, 0.25) is 5.91 Å². The third-order valence-corrected chi connectivity index (χ3v) is 6.97. The highest BCUT2D eigenvalue weighted by atomic mass is 19.4. The van der Waals surface area contributed by atoms with Crippen molar-refractivity contribution in [2.75, 3.05) is 5.32 Å². The van der Waals surface area contributed by atoms with Gasteiger partial charge >= 0.3 is 6.18 Å². The molecule has 2 aromatic rings. The molecule has 2 saturated carbocycles. The number of aromatic nitrogens is 2. The van der Waals surface area contributed by atoms with Crippen molar-refractivity contribution in [2.45, 2.75) is 75.7 Å². The van der Waals surface area contributed by atoms with E-state index in [1.807, 2.05) is 0 Å². The number of nitrogens with two attached hydrogens (primary N) is 1. The minimum atomic E-state index is -4.25. The minimum Gasteiger partial charge on any atom is -0.365 e. The molecule has 0 saturated heterocycles. The molecule has 2 fully saturated rings. The molecule has 0 unspecified atom stereocenters. The molecule has 192 valence electrons. The Bertz CT molecular complexity index is 1160. The number of alkyl halides is 3. The van der Waals surface area contributed by atoms with E-state index in [4.69, 9.17) is 5.73 Å². The van der Waals surface area contributed by atoms with Crippen molar-refractivity contribution >= 4 is 17.6 Å². The lowest BCUT2D eigenvalue weighted by Crippen LogP contribution is -2.43. The number of anilines is 1. The van der Waals surface area contributed by atoms with Gasteiger partial charge in [-0.25, -0.2) is 0 Å². The highest BCUT2D eigenvalue weighted by Gasteiger charge is 2.39. The van der Waals surface area contributed by atoms with E-state index in [1.54, 1.807) is 22.9 Å². The van der Waals surface area contributed by atoms with Crippen LogP contribution in [0.25, 0.3) is 0 Å². The van der Waals surface area contributed by atoms with E-state index in [1.165, 1.54) is 12.3 Å². The number of hydrogen-bond acceptors (Lipinski definition) is 5. The summed E-state index contributed by atoms with van der Waals surface area (Å²) >= 11 is 0. The fourth-order valence-electron chi connectivity index (χ4n) is 4.79. The van der Waals surface area contributed by atoms with Crippen LogP contribution in [-0.4, -0.2) is 33.8 Å². The lowest BCUT2D eigenvalue weighted by molar-refractivity contribution is -0.127. The number of halogens is 3. The van der Waals surface area contributed by atoms with Crippen LogP contribution in [0.4, 0.5) is 19.0 Å². The second kappa shape index (κ2) is 10.3. The molecular weight excluding hydrogens is 473 g/mol. The number of nitrogens with one attached hydrogen (secondary N) is 2. The van der Waals surface area contributed by atoms with Gasteiger partial charge in [0.25, 0.3) is 5.91 Å². The van der Waals surface area contributed by atoms with E-state index in [9.17, 15) is 28.0 Å². The zero-order valence-corrected chi connectivity index (χ0v) is 19.8. The monoisotopic (exact) mass is 502 g/mol. The molecule has 4 N–H and O–H groups in total. The van der Waals surface area contributed by atoms with Gasteiger partial charge in [0.15, 0.2) is 5.82 Å². The first-order valence-electron chi connectivity index (χ1n) is 12.0. The number of rotatable bonds is 9. The van der Waals surface area contributed by atoms with Gasteiger partial charge in [0, 0.05) is 24.7 Å². The third kappa shape index (κ3) is 6.23. The zero-order valence-electron chi connectivity index (χ0n) is 19.8. The Morgan fingerprint density at radius 2 is 1.89 bits per heavy atom. The first-order valence-corrected chi connectivity index (χ1v) is 12.0. The van der Waals surface area contributed by atoms with Gasteiger partial charge in [-0.1, -0.05) is 24.3 Å². The lowest BCUT2D eigenvalue weighted by atomic mass is 9.77. The Morgan fingerprint density at radius 3 is 2.50 bits per heavy atom. The van der Waals surface area contributed by atoms with Crippen molar-refractivity contribution < 1.29 is 22.8 Å². The number of nitrogens with zero attached hydrogens (tertiary/aromatic N) is 3. The molecule has 0 aliphatic heterocycles. The smallest absolute Gasteiger partial charge is 0.365 e. The Labute approximate surface area is 207 Å². The number of hydrogen-bond donors (Lipinski definition) is 3. The van der Waals surface area contributed by atoms with E-state index in [0.717, 1.165) is 18.4 Å². The molecule has 4 rings (SSSR count). The van der Waals surface area contributed by atoms with Gasteiger partial charge in [0.05, 0.1) is 24.4 Å². The maximum absolute atomic E-state index is 12.7. The lowest BCUT2D eigenvalue weighted by Gasteiger charge is -2.39. The summed E-state index contributed by atoms with van der Waals surface area (Å²) in [6.45, 7) is 0.437. The predicted octanol–water partition coefficient (Wildman–Crippen LogP) is 3.78. The summed E-state index contributed by atoms with van der Waals surface area (Å²) in [5, 5.41) is 20.1.